The minimum atomic E-state index is 0.0341. The normalized spacial score (nSPS) is 11.4. The Hall–Kier alpha value is -2.23. The van der Waals surface area contributed by atoms with Crippen LogP contribution in [0.1, 0.15) is 19.0 Å². The Morgan fingerprint density at radius 2 is 2.11 bits per heavy atom. The lowest BCUT2D eigenvalue weighted by Gasteiger charge is -2.04. The molecule has 0 radical (unpaired) electrons. The van der Waals surface area contributed by atoms with Crippen LogP contribution in [0.4, 0.5) is 5.82 Å². The molecular weight excluding hydrogens is 226 g/mol. The summed E-state index contributed by atoms with van der Waals surface area (Å²) in [5.74, 6) is 0.593. The van der Waals surface area contributed by atoms with Crippen molar-refractivity contribution in [2.24, 2.45) is 0 Å². The van der Waals surface area contributed by atoms with Crippen LogP contribution in [0, 0.1) is 0 Å². The van der Waals surface area contributed by atoms with Gasteiger partial charge in [-0.1, -0.05) is 19.4 Å². The molecule has 2 aromatic heterocycles. The topological polar surface area (TPSA) is 74.7 Å². The smallest absolute Gasteiger partial charge is 0.188 e. The van der Waals surface area contributed by atoms with E-state index in [-0.39, 0.29) is 5.43 Å². The Morgan fingerprint density at radius 3 is 2.89 bits per heavy atom. The summed E-state index contributed by atoms with van der Waals surface area (Å²) < 4.78 is 0. The van der Waals surface area contributed by atoms with E-state index in [4.69, 9.17) is 5.73 Å². The van der Waals surface area contributed by atoms with E-state index >= 15 is 0 Å². The SMILES string of the molecule is CCCc1[nH]c(N)cc2c1[nH]c1cccc(=O)c12. The molecule has 0 spiro atoms. The second-order valence-electron chi connectivity index (χ2n) is 4.55. The number of H-pyrrole nitrogens is 2. The zero-order valence-corrected chi connectivity index (χ0v) is 10.2. The van der Waals surface area contributed by atoms with Crippen molar-refractivity contribution in [1.82, 2.24) is 9.97 Å². The van der Waals surface area contributed by atoms with Crippen LogP contribution in [0.15, 0.2) is 29.1 Å². The molecule has 0 atom stereocenters. The predicted molar refractivity (Wildman–Crippen MR) is 74.8 cm³/mol. The molecule has 0 bridgehead atoms. The maximum atomic E-state index is 12.0. The number of nitrogens with two attached hydrogens (primary N) is 1. The molecule has 4 heteroatoms. The van der Waals surface area contributed by atoms with E-state index in [0.717, 1.165) is 40.3 Å². The van der Waals surface area contributed by atoms with Crippen LogP contribution in [0.3, 0.4) is 0 Å². The predicted octanol–water partition coefficient (Wildman–Crippen LogP) is 2.54. The summed E-state index contributed by atoms with van der Waals surface area (Å²) in [6.07, 6.45) is 1.93. The molecule has 0 amide bonds. The van der Waals surface area contributed by atoms with Gasteiger partial charge >= 0.3 is 0 Å². The van der Waals surface area contributed by atoms with E-state index in [1.807, 2.05) is 12.1 Å². The van der Waals surface area contributed by atoms with Crippen molar-refractivity contribution in [1.29, 1.82) is 0 Å². The fourth-order valence-electron chi connectivity index (χ4n) is 2.49. The second kappa shape index (κ2) is 3.91. The molecule has 0 saturated heterocycles. The molecule has 4 nitrogen and oxygen atoms in total. The molecule has 3 aromatic rings. The third kappa shape index (κ3) is 1.49. The summed E-state index contributed by atoms with van der Waals surface area (Å²) in [6, 6.07) is 7.10. The lowest BCUT2D eigenvalue weighted by Crippen LogP contribution is -1.98. The number of aromatic nitrogens is 2. The third-order valence-electron chi connectivity index (χ3n) is 3.22. The van der Waals surface area contributed by atoms with E-state index in [2.05, 4.69) is 16.9 Å². The van der Waals surface area contributed by atoms with E-state index in [0.29, 0.717) is 5.82 Å². The van der Waals surface area contributed by atoms with Gasteiger partial charge in [0.2, 0.25) is 0 Å². The van der Waals surface area contributed by atoms with Crippen molar-refractivity contribution in [3.8, 4) is 0 Å². The number of aryl methyl sites for hydroxylation is 1. The van der Waals surface area contributed by atoms with Crippen molar-refractivity contribution in [2.75, 3.05) is 5.73 Å². The van der Waals surface area contributed by atoms with E-state index in [1.54, 1.807) is 12.1 Å². The molecule has 0 aliphatic rings. The summed E-state index contributed by atoms with van der Waals surface area (Å²) in [7, 11) is 0. The van der Waals surface area contributed by atoms with Crippen molar-refractivity contribution in [3.05, 3.63) is 40.2 Å². The number of hydrogen-bond acceptors (Lipinski definition) is 2. The van der Waals surface area contributed by atoms with Crippen LogP contribution in [-0.4, -0.2) is 9.97 Å². The molecule has 18 heavy (non-hydrogen) atoms. The molecule has 0 unspecified atom stereocenters. The monoisotopic (exact) mass is 241 g/mol. The van der Waals surface area contributed by atoms with Crippen molar-refractivity contribution >= 4 is 27.6 Å². The number of nitrogen functional groups attached to an aromatic ring is 1. The fourth-order valence-corrected chi connectivity index (χ4v) is 2.49. The van der Waals surface area contributed by atoms with Crippen LogP contribution < -0.4 is 11.2 Å². The van der Waals surface area contributed by atoms with Gasteiger partial charge in [-0.15, -0.1) is 0 Å². The Kier molecular flexibility index (Phi) is 2.37. The first-order chi connectivity index (χ1) is 8.70. The zero-order valence-electron chi connectivity index (χ0n) is 10.2. The summed E-state index contributed by atoms with van der Waals surface area (Å²) in [4.78, 5) is 18.5. The Morgan fingerprint density at radius 1 is 1.28 bits per heavy atom. The van der Waals surface area contributed by atoms with Gasteiger partial charge in [0.05, 0.1) is 16.4 Å². The van der Waals surface area contributed by atoms with Gasteiger partial charge in [0, 0.05) is 11.1 Å². The highest BCUT2D eigenvalue weighted by Crippen LogP contribution is 2.26. The standard InChI is InChI=1S/C14H15N3O/c1-2-4-10-14-8(7-12(15)16-10)13-9(17-14)5-3-6-11(13)18/h3,5-7,16-17H,2,4,15H2,1H3. The highest BCUT2D eigenvalue weighted by molar-refractivity contribution is 6.08. The molecule has 1 aromatic carbocycles. The number of aromatic amines is 2. The van der Waals surface area contributed by atoms with Gasteiger partial charge in [0.15, 0.2) is 5.43 Å². The lowest BCUT2D eigenvalue weighted by atomic mass is 10.1. The molecule has 0 aliphatic heterocycles. The first-order valence-electron chi connectivity index (χ1n) is 6.12. The lowest BCUT2D eigenvalue weighted by molar-refractivity contribution is 0.893. The minimum absolute atomic E-state index is 0.0341. The van der Waals surface area contributed by atoms with E-state index < -0.39 is 0 Å². The van der Waals surface area contributed by atoms with Crippen LogP contribution in [0.25, 0.3) is 21.8 Å². The van der Waals surface area contributed by atoms with Gasteiger partial charge in [0.25, 0.3) is 0 Å². The van der Waals surface area contributed by atoms with Gasteiger partial charge in [-0.05, 0) is 24.6 Å². The molecule has 4 N–H and O–H groups in total. The first-order valence-corrected chi connectivity index (χ1v) is 6.12. The van der Waals surface area contributed by atoms with Gasteiger partial charge in [-0.25, -0.2) is 0 Å². The maximum absolute atomic E-state index is 12.0. The van der Waals surface area contributed by atoms with Crippen LogP contribution in [-0.2, 0) is 6.42 Å². The first kappa shape index (κ1) is 10.9. The Labute approximate surface area is 104 Å². The van der Waals surface area contributed by atoms with Crippen LogP contribution in [0.5, 0.6) is 0 Å². The summed E-state index contributed by atoms with van der Waals surface area (Å²) >= 11 is 0. The maximum Gasteiger partial charge on any atom is 0.188 e. The highest BCUT2D eigenvalue weighted by atomic mass is 16.1. The van der Waals surface area contributed by atoms with Gasteiger partial charge in [0.1, 0.15) is 5.82 Å². The number of nitrogens with one attached hydrogen (secondary N) is 2. The van der Waals surface area contributed by atoms with Crippen molar-refractivity contribution in [3.63, 3.8) is 0 Å². The second-order valence-corrected chi connectivity index (χ2v) is 4.55. The summed E-state index contributed by atoms with van der Waals surface area (Å²) in [6.45, 7) is 2.12. The molecule has 92 valence electrons. The molecule has 3 rings (SSSR count). The summed E-state index contributed by atoms with van der Waals surface area (Å²) in [5.41, 5.74) is 8.84. The molecular formula is C14H15N3O. The van der Waals surface area contributed by atoms with E-state index in [1.165, 1.54) is 0 Å². The van der Waals surface area contributed by atoms with Gasteiger partial charge in [-0.2, -0.15) is 0 Å². The van der Waals surface area contributed by atoms with Crippen molar-refractivity contribution in [2.45, 2.75) is 19.8 Å². The highest BCUT2D eigenvalue weighted by Gasteiger charge is 2.11. The number of hydrogen-bond donors (Lipinski definition) is 3. The van der Waals surface area contributed by atoms with Crippen LogP contribution in [0.2, 0.25) is 0 Å². The number of benzene rings is 1. The average Bonchev–Trinajstić information content (AvgIpc) is 2.69. The van der Waals surface area contributed by atoms with Gasteiger partial charge in [-0.3, -0.25) is 4.79 Å². The minimum Gasteiger partial charge on any atom is -0.385 e. The number of anilines is 1. The molecule has 2 heterocycles. The Balaban J connectivity index is 2.50. The molecule has 0 fully saturated rings. The molecule has 0 saturated carbocycles. The summed E-state index contributed by atoms with van der Waals surface area (Å²) in [5, 5.41) is 1.64. The third-order valence-corrected chi connectivity index (χ3v) is 3.22. The number of rotatable bonds is 2. The Bertz CT molecular complexity index is 783. The number of pyridine rings is 1. The van der Waals surface area contributed by atoms with Gasteiger partial charge < -0.3 is 15.7 Å². The number of fused-ring (bicyclic) bond motifs is 3. The van der Waals surface area contributed by atoms with Crippen molar-refractivity contribution < 1.29 is 0 Å². The zero-order chi connectivity index (χ0) is 12.7. The quantitative estimate of drug-likeness (QED) is 0.645. The van der Waals surface area contributed by atoms with Crippen LogP contribution >= 0.6 is 0 Å². The van der Waals surface area contributed by atoms with E-state index in [9.17, 15) is 4.79 Å². The average molecular weight is 241 g/mol. The molecule has 0 aliphatic carbocycles. The largest absolute Gasteiger partial charge is 0.385 e. The fraction of sp³-hybridized carbons (Fsp3) is 0.214.